The summed E-state index contributed by atoms with van der Waals surface area (Å²) in [5.41, 5.74) is 7.78. The van der Waals surface area contributed by atoms with Gasteiger partial charge in [-0.25, -0.2) is 4.98 Å². The number of ether oxygens (including phenoxy) is 1. The van der Waals surface area contributed by atoms with Crippen molar-refractivity contribution in [3.8, 4) is 0 Å². The molecule has 0 aliphatic rings. The zero-order chi connectivity index (χ0) is 15.8. The molecule has 1 aromatic rings. The zero-order valence-electron chi connectivity index (χ0n) is 13.5. The van der Waals surface area contributed by atoms with Crippen molar-refractivity contribution in [2.45, 2.75) is 59.0 Å². The van der Waals surface area contributed by atoms with E-state index in [1.54, 1.807) is 7.11 Å². The maximum Gasteiger partial charge on any atom is 0.260 e. The van der Waals surface area contributed by atoms with Gasteiger partial charge in [0, 0.05) is 7.11 Å². The summed E-state index contributed by atoms with van der Waals surface area (Å²) in [6, 6.07) is 0. The van der Waals surface area contributed by atoms with Crippen molar-refractivity contribution in [3.63, 3.8) is 0 Å². The van der Waals surface area contributed by atoms with Gasteiger partial charge in [-0.3, -0.25) is 9.78 Å². The molecule has 1 rings (SSSR count). The maximum atomic E-state index is 12.1. The quantitative estimate of drug-likeness (QED) is 0.722. The van der Waals surface area contributed by atoms with Gasteiger partial charge in [-0.1, -0.05) is 19.9 Å². The minimum atomic E-state index is -0.156. The summed E-state index contributed by atoms with van der Waals surface area (Å²) in [6.45, 7) is 6.00. The predicted molar refractivity (Wildman–Crippen MR) is 87.2 cm³/mol. The number of hydrogen-bond acceptors (Lipinski definition) is 4. The van der Waals surface area contributed by atoms with Crippen molar-refractivity contribution in [1.82, 2.24) is 9.97 Å². The molecule has 1 atom stereocenters. The number of nitrogens with zero attached hydrogens (tertiary/aromatic N) is 1. The van der Waals surface area contributed by atoms with E-state index in [4.69, 9.17) is 10.5 Å². The first-order valence-electron chi connectivity index (χ1n) is 7.62. The molecular formula is C16H27N3O2. The summed E-state index contributed by atoms with van der Waals surface area (Å²) in [5.74, 6) is 0.169. The highest BCUT2D eigenvalue weighted by Gasteiger charge is 2.11. The molecule has 0 unspecified atom stereocenters. The lowest BCUT2D eigenvalue weighted by atomic mass is 10.0. The summed E-state index contributed by atoms with van der Waals surface area (Å²) in [4.78, 5) is 18.8. The van der Waals surface area contributed by atoms with E-state index in [1.165, 1.54) is 0 Å². The van der Waals surface area contributed by atoms with Crippen LogP contribution in [0.2, 0.25) is 0 Å². The van der Waals surface area contributed by atoms with E-state index in [2.05, 4.69) is 23.0 Å². The number of rotatable bonds is 8. The first-order valence-corrected chi connectivity index (χ1v) is 7.62. The Balaban J connectivity index is 2.79. The lowest BCUT2D eigenvalue weighted by Gasteiger charge is -2.12. The van der Waals surface area contributed by atoms with Crippen LogP contribution in [0, 0.1) is 6.92 Å². The van der Waals surface area contributed by atoms with Crippen LogP contribution in [0.15, 0.2) is 10.9 Å². The molecule has 5 nitrogen and oxygen atoms in total. The molecule has 0 radical (unpaired) electrons. The van der Waals surface area contributed by atoms with Crippen LogP contribution < -0.4 is 11.3 Å². The Kier molecular flexibility index (Phi) is 7.15. The minimum absolute atomic E-state index is 0.156. The van der Waals surface area contributed by atoms with E-state index in [9.17, 15) is 4.79 Å². The summed E-state index contributed by atoms with van der Waals surface area (Å²) in [6.07, 6.45) is 7.32. The molecule has 0 aromatic carbocycles. The summed E-state index contributed by atoms with van der Waals surface area (Å²) in [5, 5.41) is 0. The summed E-state index contributed by atoms with van der Waals surface area (Å²) >= 11 is 0. The van der Waals surface area contributed by atoms with E-state index in [0.29, 0.717) is 17.4 Å². The average Bonchev–Trinajstić information content (AvgIpc) is 2.44. The number of aryl methyl sites for hydroxylation is 1. The Morgan fingerprint density at radius 3 is 2.71 bits per heavy atom. The van der Waals surface area contributed by atoms with Gasteiger partial charge in [0.2, 0.25) is 5.95 Å². The van der Waals surface area contributed by atoms with Crippen molar-refractivity contribution >= 4 is 11.5 Å². The molecule has 0 aliphatic heterocycles. The van der Waals surface area contributed by atoms with Gasteiger partial charge in [-0.15, -0.1) is 0 Å². The summed E-state index contributed by atoms with van der Waals surface area (Å²) in [7, 11) is 1.75. The number of methoxy groups -OCH3 is 1. The van der Waals surface area contributed by atoms with Gasteiger partial charge in [0.05, 0.1) is 17.4 Å². The smallest absolute Gasteiger partial charge is 0.260 e. The highest BCUT2D eigenvalue weighted by molar-refractivity contribution is 5.66. The third-order valence-electron chi connectivity index (χ3n) is 3.73. The van der Waals surface area contributed by atoms with E-state index >= 15 is 0 Å². The second-order valence-electron chi connectivity index (χ2n) is 5.19. The fraction of sp³-hybridized carbons (Fsp3) is 0.625. The normalized spacial score (nSPS) is 13.4. The number of aromatic amines is 1. The number of aromatic nitrogens is 2. The number of nitrogens with two attached hydrogens (primary N) is 1. The molecule has 3 N–H and O–H groups in total. The fourth-order valence-corrected chi connectivity index (χ4v) is 2.52. The van der Waals surface area contributed by atoms with E-state index in [0.717, 1.165) is 37.7 Å². The van der Waals surface area contributed by atoms with Crippen LogP contribution in [0.4, 0.5) is 5.95 Å². The Morgan fingerprint density at radius 1 is 1.48 bits per heavy atom. The molecule has 0 saturated carbocycles. The van der Waals surface area contributed by atoms with Crippen LogP contribution in [0.5, 0.6) is 0 Å². The van der Waals surface area contributed by atoms with Crippen LogP contribution in [0.3, 0.4) is 0 Å². The van der Waals surface area contributed by atoms with Gasteiger partial charge in [-0.2, -0.15) is 0 Å². The minimum Gasteiger partial charge on any atom is -0.381 e. The molecule has 21 heavy (non-hydrogen) atoms. The number of allylic oxidation sites excluding steroid dienone is 2. The molecule has 118 valence electrons. The second-order valence-corrected chi connectivity index (χ2v) is 5.19. The van der Waals surface area contributed by atoms with Crippen molar-refractivity contribution in [3.05, 3.63) is 27.7 Å². The van der Waals surface area contributed by atoms with E-state index < -0.39 is 0 Å². The highest BCUT2D eigenvalue weighted by Crippen LogP contribution is 2.19. The number of hydrogen-bond donors (Lipinski definition) is 2. The largest absolute Gasteiger partial charge is 0.381 e. The van der Waals surface area contributed by atoms with Crippen molar-refractivity contribution < 1.29 is 4.74 Å². The summed E-state index contributed by atoms with van der Waals surface area (Å²) < 4.78 is 5.37. The lowest BCUT2D eigenvalue weighted by molar-refractivity contribution is 0.0906. The lowest BCUT2D eigenvalue weighted by Crippen LogP contribution is -2.18. The SMILES string of the molecule is CC/C(=C/CCC[C@@H](CC)OC)c1c(C)nc(N)[nH]c1=O. The van der Waals surface area contributed by atoms with Gasteiger partial charge in [0.15, 0.2) is 0 Å². The van der Waals surface area contributed by atoms with Crippen LogP contribution in [-0.4, -0.2) is 23.2 Å². The van der Waals surface area contributed by atoms with Gasteiger partial charge < -0.3 is 10.5 Å². The average molecular weight is 293 g/mol. The first kappa shape index (κ1) is 17.4. The first-order chi connectivity index (χ1) is 10.0. The highest BCUT2D eigenvalue weighted by atomic mass is 16.5. The van der Waals surface area contributed by atoms with Gasteiger partial charge in [-0.05, 0) is 44.6 Å². The Labute approximate surface area is 126 Å². The van der Waals surface area contributed by atoms with Gasteiger partial charge >= 0.3 is 0 Å². The van der Waals surface area contributed by atoms with E-state index in [1.807, 2.05) is 13.8 Å². The Bertz CT molecular complexity index is 531. The topological polar surface area (TPSA) is 81.0 Å². The molecule has 0 bridgehead atoms. The maximum absolute atomic E-state index is 12.1. The second kappa shape index (κ2) is 8.62. The fourth-order valence-electron chi connectivity index (χ4n) is 2.52. The molecule has 0 fully saturated rings. The number of nitrogens with one attached hydrogen (secondary N) is 1. The number of nitrogen functional groups attached to an aromatic ring is 1. The monoisotopic (exact) mass is 293 g/mol. The predicted octanol–water partition coefficient (Wildman–Crippen LogP) is 3.05. The van der Waals surface area contributed by atoms with Crippen LogP contribution >= 0.6 is 0 Å². The Hall–Kier alpha value is -1.62. The van der Waals surface area contributed by atoms with Crippen LogP contribution in [0.25, 0.3) is 5.57 Å². The molecule has 0 saturated heterocycles. The molecule has 0 spiro atoms. The van der Waals surface area contributed by atoms with Crippen molar-refractivity contribution in [2.24, 2.45) is 0 Å². The third-order valence-corrected chi connectivity index (χ3v) is 3.73. The molecule has 0 amide bonds. The van der Waals surface area contributed by atoms with Crippen LogP contribution in [-0.2, 0) is 4.74 Å². The van der Waals surface area contributed by atoms with Crippen molar-refractivity contribution in [1.29, 1.82) is 0 Å². The number of anilines is 1. The third kappa shape index (κ3) is 5.01. The molecule has 1 heterocycles. The van der Waals surface area contributed by atoms with Gasteiger partial charge in [0.1, 0.15) is 0 Å². The molecule has 5 heteroatoms. The number of H-pyrrole nitrogens is 1. The van der Waals surface area contributed by atoms with Crippen molar-refractivity contribution in [2.75, 3.05) is 12.8 Å². The Morgan fingerprint density at radius 2 is 2.19 bits per heavy atom. The van der Waals surface area contributed by atoms with Crippen LogP contribution in [0.1, 0.15) is 57.2 Å². The van der Waals surface area contributed by atoms with E-state index in [-0.39, 0.29) is 11.5 Å². The van der Waals surface area contributed by atoms with Gasteiger partial charge in [0.25, 0.3) is 5.56 Å². The molecule has 0 aliphatic carbocycles. The molecule has 1 aromatic heterocycles. The number of unbranched alkanes of at least 4 members (excludes halogenated alkanes) is 1. The molecular weight excluding hydrogens is 266 g/mol. The standard InChI is InChI=1S/C16H27N3O2/c1-5-12(9-7-8-10-13(6-2)21-4)14-11(3)18-16(17)19-15(14)20/h9,13H,5-8,10H2,1-4H3,(H3,17,18,19,20)/b12-9-/t13-/m1/s1. The zero-order valence-corrected chi connectivity index (χ0v) is 13.5.